The summed E-state index contributed by atoms with van der Waals surface area (Å²) in [6.07, 6.45) is -0.741. The summed E-state index contributed by atoms with van der Waals surface area (Å²) >= 11 is 0. The van der Waals surface area contributed by atoms with E-state index in [-0.39, 0.29) is 11.6 Å². The van der Waals surface area contributed by atoms with E-state index in [1.807, 2.05) is 0 Å². The molecule has 2 N–H and O–H groups in total. The molecule has 89 valence electrons. The Labute approximate surface area is 99.6 Å². The first kappa shape index (κ1) is 12.8. The number of alkyl carbamates (subject to hydrolysis) is 1. The fourth-order valence-electron chi connectivity index (χ4n) is 1.08. The zero-order valence-electron chi connectivity index (χ0n) is 9.66. The second-order valence-electron chi connectivity index (χ2n) is 3.24. The molecule has 0 saturated heterocycles. The normalized spacial score (nSPS) is 9.29. The van der Waals surface area contributed by atoms with Crippen molar-refractivity contribution in [1.29, 1.82) is 5.41 Å². The zero-order chi connectivity index (χ0) is 12.8. The highest BCUT2D eigenvalue weighted by molar-refractivity contribution is 6.04. The Hall–Kier alpha value is -2.30. The number of hydrogen-bond donors (Lipinski definition) is 2. The lowest BCUT2D eigenvalue weighted by Crippen LogP contribution is -2.30. The number of benzene rings is 1. The number of amides is 1. The molecule has 0 unspecified atom stereocenters. The molecule has 5 heteroatoms. The molecule has 0 fully saturated rings. The SMILES string of the molecule is C=C(C)OC(=O)NC(=N)c1cc[c]c(OC)c1. The summed E-state index contributed by atoms with van der Waals surface area (Å²) in [5.41, 5.74) is 0.499. The third-order valence-electron chi connectivity index (χ3n) is 1.78. The van der Waals surface area contributed by atoms with Crippen LogP contribution < -0.4 is 10.1 Å². The Morgan fingerprint density at radius 1 is 1.59 bits per heavy atom. The number of nitrogens with one attached hydrogen (secondary N) is 2. The van der Waals surface area contributed by atoms with Crippen LogP contribution in [0.2, 0.25) is 0 Å². The maximum Gasteiger partial charge on any atom is 0.417 e. The van der Waals surface area contributed by atoms with Gasteiger partial charge in [-0.2, -0.15) is 0 Å². The molecule has 1 aromatic rings. The molecule has 0 aromatic heterocycles. The standard InChI is InChI=1S/C12H13N2O3/c1-8(2)17-12(15)14-11(13)9-5-4-6-10(7-9)16-3/h4-5,7H,1H2,2-3H3,(H2,13,14,15). The van der Waals surface area contributed by atoms with E-state index in [1.54, 1.807) is 25.1 Å². The molecule has 0 heterocycles. The van der Waals surface area contributed by atoms with Crippen molar-refractivity contribution in [3.8, 4) is 5.75 Å². The minimum atomic E-state index is -0.741. The first-order valence-corrected chi connectivity index (χ1v) is 4.82. The number of methoxy groups -OCH3 is 1. The van der Waals surface area contributed by atoms with Crippen molar-refractivity contribution < 1.29 is 14.3 Å². The Balaban J connectivity index is 2.69. The summed E-state index contributed by atoms with van der Waals surface area (Å²) in [7, 11) is 1.50. The topological polar surface area (TPSA) is 71.4 Å². The second kappa shape index (κ2) is 5.69. The highest BCUT2D eigenvalue weighted by atomic mass is 16.6. The molecular weight excluding hydrogens is 220 g/mol. The maximum atomic E-state index is 11.2. The van der Waals surface area contributed by atoms with E-state index in [0.717, 1.165) is 0 Å². The van der Waals surface area contributed by atoms with Crippen molar-refractivity contribution in [3.63, 3.8) is 0 Å². The first-order valence-electron chi connectivity index (χ1n) is 4.82. The maximum absolute atomic E-state index is 11.2. The summed E-state index contributed by atoms with van der Waals surface area (Å²) in [4.78, 5) is 11.2. The van der Waals surface area contributed by atoms with Gasteiger partial charge in [-0.3, -0.25) is 10.7 Å². The van der Waals surface area contributed by atoms with Crippen molar-refractivity contribution in [2.75, 3.05) is 7.11 Å². The van der Waals surface area contributed by atoms with E-state index in [2.05, 4.69) is 22.7 Å². The molecule has 0 aliphatic carbocycles. The summed E-state index contributed by atoms with van der Waals surface area (Å²) in [6.45, 7) is 4.97. The van der Waals surface area contributed by atoms with Crippen LogP contribution in [0.25, 0.3) is 0 Å². The lowest BCUT2D eigenvalue weighted by Gasteiger charge is -2.08. The number of carbonyl (C=O) groups excluding carboxylic acids is 1. The predicted molar refractivity (Wildman–Crippen MR) is 63.1 cm³/mol. The summed E-state index contributed by atoms with van der Waals surface area (Å²) < 4.78 is 9.64. The Morgan fingerprint density at radius 2 is 2.29 bits per heavy atom. The Kier molecular flexibility index (Phi) is 4.28. The van der Waals surface area contributed by atoms with Gasteiger partial charge in [0.15, 0.2) is 0 Å². The van der Waals surface area contributed by atoms with Gasteiger partial charge in [-0.15, -0.1) is 0 Å². The van der Waals surface area contributed by atoms with Crippen LogP contribution in [-0.4, -0.2) is 19.0 Å². The van der Waals surface area contributed by atoms with E-state index < -0.39 is 6.09 Å². The highest BCUT2D eigenvalue weighted by Crippen LogP contribution is 2.11. The smallest absolute Gasteiger partial charge is 0.417 e. The van der Waals surface area contributed by atoms with E-state index in [1.165, 1.54) is 7.11 Å². The average molecular weight is 233 g/mol. The quantitative estimate of drug-likeness (QED) is 0.477. The number of rotatable bonds is 3. The molecule has 0 aliphatic rings. The van der Waals surface area contributed by atoms with Gasteiger partial charge in [0.05, 0.1) is 12.9 Å². The molecule has 1 aromatic carbocycles. The van der Waals surface area contributed by atoms with E-state index >= 15 is 0 Å². The van der Waals surface area contributed by atoms with Crippen LogP contribution >= 0.6 is 0 Å². The van der Waals surface area contributed by atoms with Crippen LogP contribution in [0, 0.1) is 11.5 Å². The summed E-state index contributed by atoms with van der Waals surface area (Å²) in [6, 6.07) is 7.65. The van der Waals surface area contributed by atoms with Gasteiger partial charge in [-0.05, 0) is 19.1 Å². The van der Waals surface area contributed by atoms with Crippen LogP contribution in [0.4, 0.5) is 4.79 Å². The minimum absolute atomic E-state index is 0.0800. The lowest BCUT2D eigenvalue weighted by atomic mass is 10.2. The summed E-state index contributed by atoms with van der Waals surface area (Å²) in [5, 5.41) is 9.94. The van der Waals surface area contributed by atoms with Gasteiger partial charge >= 0.3 is 6.09 Å². The fourth-order valence-corrected chi connectivity index (χ4v) is 1.08. The molecule has 17 heavy (non-hydrogen) atoms. The summed E-state index contributed by atoms with van der Waals surface area (Å²) in [5.74, 6) is 0.667. The molecule has 0 saturated carbocycles. The number of amidine groups is 1. The predicted octanol–water partition coefficient (Wildman–Crippen LogP) is 2.08. The largest absolute Gasteiger partial charge is 0.496 e. The fraction of sp³-hybridized carbons (Fsp3) is 0.167. The van der Waals surface area contributed by atoms with Crippen LogP contribution in [0.5, 0.6) is 5.75 Å². The van der Waals surface area contributed by atoms with Crippen LogP contribution in [-0.2, 0) is 4.74 Å². The van der Waals surface area contributed by atoms with E-state index in [4.69, 9.17) is 10.1 Å². The van der Waals surface area contributed by atoms with Crippen molar-refractivity contribution in [3.05, 3.63) is 42.2 Å². The molecule has 0 aliphatic heterocycles. The van der Waals surface area contributed by atoms with Crippen LogP contribution in [0.1, 0.15) is 12.5 Å². The zero-order valence-corrected chi connectivity index (χ0v) is 9.66. The first-order chi connectivity index (χ1) is 8.02. The van der Waals surface area contributed by atoms with Gasteiger partial charge in [0, 0.05) is 11.6 Å². The average Bonchev–Trinajstić information content (AvgIpc) is 2.27. The third-order valence-corrected chi connectivity index (χ3v) is 1.78. The van der Waals surface area contributed by atoms with E-state index in [9.17, 15) is 4.79 Å². The van der Waals surface area contributed by atoms with Gasteiger partial charge in [0.1, 0.15) is 11.6 Å². The molecule has 0 bridgehead atoms. The molecule has 0 atom stereocenters. The third kappa shape index (κ3) is 3.98. The van der Waals surface area contributed by atoms with Crippen molar-refractivity contribution >= 4 is 11.9 Å². The van der Waals surface area contributed by atoms with Gasteiger partial charge in [-0.1, -0.05) is 12.6 Å². The molecule has 1 radical (unpaired) electrons. The van der Waals surface area contributed by atoms with Crippen molar-refractivity contribution in [1.82, 2.24) is 5.32 Å². The van der Waals surface area contributed by atoms with Gasteiger partial charge < -0.3 is 9.47 Å². The number of ether oxygens (including phenoxy) is 2. The van der Waals surface area contributed by atoms with E-state index in [0.29, 0.717) is 11.3 Å². The second-order valence-corrected chi connectivity index (χ2v) is 3.24. The number of allylic oxidation sites excluding steroid dienone is 1. The van der Waals surface area contributed by atoms with Gasteiger partial charge in [-0.25, -0.2) is 4.79 Å². The molecule has 0 spiro atoms. The molecule has 1 rings (SSSR count). The Bertz CT molecular complexity index is 455. The Morgan fingerprint density at radius 3 is 2.88 bits per heavy atom. The minimum Gasteiger partial charge on any atom is -0.496 e. The van der Waals surface area contributed by atoms with Crippen LogP contribution in [0.3, 0.4) is 0 Å². The molecular formula is C12H13N2O3. The lowest BCUT2D eigenvalue weighted by molar-refractivity contribution is 0.182. The van der Waals surface area contributed by atoms with Gasteiger partial charge in [0.2, 0.25) is 0 Å². The number of hydrogen-bond acceptors (Lipinski definition) is 4. The highest BCUT2D eigenvalue weighted by Gasteiger charge is 2.08. The van der Waals surface area contributed by atoms with Gasteiger partial charge in [0.25, 0.3) is 0 Å². The molecule has 1 amide bonds. The monoisotopic (exact) mass is 233 g/mol. The van der Waals surface area contributed by atoms with Crippen molar-refractivity contribution in [2.45, 2.75) is 6.92 Å². The van der Waals surface area contributed by atoms with Crippen molar-refractivity contribution in [2.24, 2.45) is 0 Å². The van der Waals surface area contributed by atoms with Crippen LogP contribution in [0.15, 0.2) is 30.5 Å². The number of carbonyl (C=O) groups is 1. The molecule has 5 nitrogen and oxygen atoms in total.